The van der Waals surface area contributed by atoms with E-state index < -0.39 is 0 Å². The maximum Gasteiger partial charge on any atom is 0.182 e. The molecule has 146 valence electrons. The van der Waals surface area contributed by atoms with E-state index in [4.69, 9.17) is 10.1 Å². The molecule has 1 N–H and O–H groups in total. The van der Waals surface area contributed by atoms with Crippen LogP contribution in [0.4, 0.5) is 0 Å². The van der Waals surface area contributed by atoms with Gasteiger partial charge in [0.2, 0.25) is 0 Å². The molecule has 1 heterocycles. The van der Waals surface area contributed by atoms with Gasteiger partial charge in [-0.2, -0.15) is 0 Å². The van der Waals surface area contributed by atoms with Crippen LogP contribution >= 0.6 is 17.0 Å². The largest absolute Gasteiger partial charge is 0.377 e. The molecule has 5 nitrogen and oxygen atoms in total. The smallest absolute Gasteiger partial charge is 0.182 e. The van der Waals surface area contributed by atoms with Crippen molar-refractivity contribution in [2.75, 3.05) is 6.61 Å². The van der Waals surface area contributed by atoms with Crippen LogP contribution in [-0.4, -0.2) is 21.9 Å². The molecule has 0 radical (unpaired) electrons. The first kappa shape index (κ1) is 21.7. The third-order valence-corrected chi connectivity index (χ3v) is 4.39. The minimum absolute atomic E-state index is 0. The first-order valence-corrected chi connectivity index (χ1v) is 8.96. The summed E-state index contributed by atoms with van der Waals surface area (Å²) in [7, 11) is 0. The Morgan fingerprint density at radius 2 is 1.71 bits per heavy atom. The zero-order valence-electron chi connectivity index (χ0n) is 16.0. The van der Waals surface area contributed by atoms with E-state index in [2.05, 4.69) is 4.98 Å². The lowest BCUT2D eigenvalue weighted by atomic mass is 10.0. The van der Waals surface area contributed by atoms with Crippen LogP contribution in [0.3, 0.4) is 0 Å². The molecule has 0 aliphatic heterocycles. The van der Waals surface area contributed by atoms with E-state index in [9.17, 15) is 4.79 Å². The highest BCUT2D eigenvalue weighted by atomic mass is 79.9. The molecule has 0 unspecified atom stereocenters. The van der Waals surface area contributed by atoms with Crippen molar-refractivity contribution in [1.29, 1.82) is 5.41 Å². The number of nitrogens with zero attached hydrogens (tertiary/aromatic N) is 2. The lowest BCUT2D eigenvalue weighted by molar-refractivity contribution is 0.0969. The van der Waals surface area contributed by atoms with Crippen LogP contribution in [0.5, 0.6) is 0 Å². The minimum atomic E-state index is 0. The molecule has 0 amide bonds. The lowest BCUT2D eigenvalue weighted by Crippen LogP contribution is -2.23. The van der Waals surface area contributed by atoms with Gasteiger partial charge < -0.3 is 9.30 Å². The molecule has 0 spiro atoms. The first-order chi connectivity index (χ1) is 13.1. The number of rotatable bonds is 7. The zero-order chi connectivity index (χ0) is 19.2. The maximum atomic E-state index is 12.7. The van der Waals surface area contributed by atoms with Gasteiger partial charge in [0.05, 0.1) is 13.2 Å². The second-order valence-electron chi connectivity index (χ2n) is 6.29. The summed E-state index contributed by atoms with van der Waals surface area (Å²) in [4.78, 5) is 16.9. The number of aryl methyl sites for hydroxylation is 1. The van der Waals surface area contributed by atoms with E-state index >= 15 is 0 Å². The fraction of sp³-hybridized carbons (Fsp3) is 0.227. The quantitative estimate of drug-likeness (QED) is 0.554. The van der Waals surface area contributed by atoms with Gasteiger partial charge in [0.1, 0.15) is 5.82 Å². The Balaban J connectivity index is 0.00000280. The van der Waals surface area contributed by atoms with E-state index in [1.165, 1.54) is 0 Å². The fourth-order valence-corrected chi connectivity index (χ4v) is 2.84. The topological polar surface area (TPSA) is 68.0 Å². The van der Waals surface area contributed by atoms with E-state index in [1.54, 1.807) is 17.7 Å². The Morgan fingerprint density at radius 3 is 2.36 bits per heavy atom. The molecular formula is C22H24BrN3O2. The number of ether oxygens (including phenoxy) is 1. The van der Waals surface area contributed by atoms with Crippen LogP contribution in [0.25, 0.3) is 11.1 Å². The lowest BCUT2D eigenvalue weighted by Gasteiger charge is -2.12. The van der Waals surface area contributed by atoms with Gasteiger partial charge in [0.15, 0.2) is 11.3 Å². The Hall–Kier alpha value is -2.57. The molecule has 0 fully saturated rings. The summed E-state index contributed by atoms with van der Waals surface area (Å²) in [5.41, 5.74) is 3.72. The summed E-state index contributed by atoms with van der Waals surface area (Å²) in [5.74, 6) is 0.638. The highest BCUT2D eigenvalue weighted by Crippen LogP contribution is 2.19. The first-order valence-electron chi connectivity index (χ1n) is 8.96. The van der Waals surface area contributed by atoms with Crippen molar-refractivity contribution in [3.8, 4) is 11.1 Å². The number of Topliss-reactive ketones (excluding diaryl/α,β-unsaturated/α-hetero) is 1. The summed E-state index contributed by atoms with van der Waals surface area (Å²) in [6.45, 7) is 4.78. The summed E-state index contributed by atoms with van der Waals surface area (Å²) in [6.07, 6.45) is 1.79. The average molecular weight is 442 g/mol. The minimum Gasteiger partial charge on any atom is -0.377 e. The molecule has 6 heteroatoms. The molecule has 3 aromatic rings. The van der Waals surface area contributed by atoms with Gasteiger partial charge in [-0.15, -0.1) is 17.0 Å². The Labute approximate surface area is 175 Å². The molecule has 0 atom stereocenters. The summed E-state index contributed by atoms with van der Waals surface area (Å²) < 4.78 is 7.16. The second kappa shape index (κ2) is 10.1. The molecule has 1 aromatic heterocycles. The van der Waals surface area contributed by atoms with E-state index in [1.807, 2.05) is 61.5 Å². The van der Waals surface area contributed by atoms with Crippen molar-refractivity contribution in [2.45, 2.75) is 27.0 Å². The Kier molecular flexibility index (Phi) is 7.84. The zero-order valence-corrected chi connectivity index (χ0v) is 17.7. The van der Waals surface area contributed by atoms with E-state index in [0.29, 0.717) is 30.2 Å². The van der Waals surface area contributed by atoms with Gasteiger partial charge in [-0.3, -0.25) is 10.2 Å². The summed E-state index contributed by atoms with van der Waals surface area (Å²) in [6, 6.07) is 17.7. The maximum absolute atomic E-state index is 12.7. The van der Waals surface area contributed by atoms with Crippen molar-refractivity contribution in [3.05, 3.63) is 83.2 Å². The summed E-state index contributed by atoms with van der Waals surface area (Å²) >= 11 is 0. The number of benzene rings is 2. The predicted octanol–water partition coefficient (Wildman–Crippen LogP) is 4.34. The van der Waals surface area contributed by atoms with Crippen molar-refractivity contribution < 1.29 is 9.53 Å². The van der Waals surface area contributed by atoms with Crippen LogP contribution in [0.1, 0.15) is 28.7 Å². The highest BCUT2D eigenvalue weighted by molar-refractivity contribution is 8.93. The van der Waals surface area contributed by atoms with Crippen molar-refractivity contribution in [1.82, 2.24) is 9.55 Å². The SMILES string of the molecule is Br.CCOCc1cn(CC(=O)c2ccc(-c3ccccc3)cc2)c(C)nc1=N. The Bertz CT molecular complexity index is 983. The highest BCUT2D eigenvalue weighted by Gasteiger charge is 2.10. The van der Waals surface area contributed by atoms with Gasteiger partial charge in [0.25, 0.3) is 0 Å². The van der Waals surface area contributed by atoms with Gasteiger partial charge in [-0.25, -0.2) is 4.98 Å². The standard InChI is InChI=1S/C22H23N3O2.BrH/c1-3-27-15-20-13-25(16(2)24-22(20)23)14-21(26)19-11-9-18(10-12-19)17-7-5-4-6-8-17;/h4-13,23H,3,14-15H2,1-2H3;1H. The number of carbonyl (C=O) groups is 1. The molecule has 0 saturated heterocycles. The van der Waals surface area contributed by atoms with Crippen LogP contribution < -0.4 is 5.49 Å². The van der Waals surface area contributed by atoms with Gasteiger partial charge in [-0.05, 0) is 25.0 Å². The normalized spacial score (nSPS) is 10.4. The second-order valence-corrected chi connectivity index (χ2v) is 6.29. The number of halogens is 1. The van der Waals surface area contributed by atoms with E-state index in [-0.39, 0.29) is 34.8 Å². The van der Waals surface area contributed by atoms with Gasteiger partial charge in [-0.1, -0.05) is 54.6 Å². The Morgan fingerprint density at radius 1 is 1.07 bits per heavy atom. The van der Waals surface area contributed by atoms with Crippen LogP contribution in [0.15, 0.2) is 60.8 Å². The van der Waals surface area contributed by atoms with Crippen LogP contribution in [-0.2, 0) is 17.9 Å². The monoisotopic (exact) mass is 441 g/mol. The summed E-state index contributed by atoms with van der Waals surface area (Å²) in [5, 5.41) is 7.95. The van der Waals surface area contributed by atoms with Crippen molar-refractivity contribution in [2.24, 2.45) is 0 Å². The molecule has 0 aliphatic rings. The van der Waals surface area contributed by atoms with Crippen LogP contribution in [0, 0.1) is 12.3 Å². The van der Waals surface area contributed by atoms with Crippen molar-refractivity contribution >= 4 is 22.8 Å². The average Bonchev–Trinajstić information content (AvgIpc) is 2.70. The molecular weight excluding hydrogens is 418 g/mol. The molecule has 3 rings (SSSR count). The number of ketones is 1. The third-order valence-electron chi connectivity index (χ3n) is 4.39. The number of nitrogens with one attached hydrogen (secondary N) is 1. The fourth-order valence-electron chi connectivity index (χ4n) is 2.84. The van der Waals surface area contributed by atoms with Gasteiger partial charge >= 0.3 is 0 Å². The molecule has 0 bridgehead atoms. The number of hydrogen-bond acceptors (Lipinski definition) is 4. The number of hydrogen-bond donors (Lipinski definition) is 1. The number of carbonyl (C=O) groups excluding carboxylic acids is 1. The van der Waals surface area contributed by atoms with Crippen molar-refractivity contribution in [3.63, 3.8) is 0 Å². The van der Waals surface area contributed by atoms with Gasteiger partial charge in [0, 0.05) is 23.9 Å². The molecule has 0 saturated carbocycles. The number of aromatic nitrogens is 2. The third kappa shape index (κ3) is 5.24. The van der Waals surface area contributed by atoms with Crippen LogP contribution in [0.2, 0.25) is 0 Å². The molecule has 2 aromatic carbocycles. The molecule has 0 aliphatic carbocycles. The molecule has 28 heavy (non-hydrogen) atoms. The van der Waals surface area contributed by atoms with E-state index in [0.717, 1.165) is 11.1 Å². The predicted molar refractivity (Wildman–Crippen MR) is 115 cm³/mol.